The molecule has 0 aliphatic rings. The van der Waals surface area contributed by atoms with Crippen LogP contribution in [-0.4, -0.2) is 10.9 Å². The van der Waals surface area contributed by atoms with Crippen LogP contribution in [-0.2, 0) is 17.8 Å². The summed E-state index contributed by atoms with van der Waals surface area (Å²) in [6, 6.07) is 16.9. The molecule has 0 spiro atoms. The molecule has 1 N–H and O–H groups in total. The van der Waals surface area contributed by atoms with Gasteiger partial charge in [-0.15, -0.1) is 0 Å². The van der Waals surface area contributed by atoms with E-state index in [1.165, 1.54) is 11.3 Å². The van der Waals surface area contributed by atoms with Crippen molar-refractivity contribution < 1.29 is 9.53 Å². The molecule has 1 heterocycles. The van der Waals surface area contributed by atoms with E-state index in [1.54, 1.807) is 18.3 Å². The van der Waals surface area contributed by atoms with E-state index >= 15 is 0 Å². The Morgan fingerprint density at radius 2 is 1.85 bits per heavy atom. The third kappa shape index (κ3) is 5.16. The van der Waals surface area contributed by atoms with Gasteiger partial charge in [0.1, 0.15) is 5.75 Å². The number of ether oxygens (including phenoxy) is 1. The van der Waals surface area contributed by atoms with E-state index < -0.39 is 0 Å². The number of aromatic nitrogens is 1. The fourth-order valence-corrected chi connectivity index (χ4v) is 2.83. The monoisotopic (exact) mass is 363 g/mol. The average molecular weight is 363 g/mol. The highest BCUT2D eigenvalue weighted by Gasteiger charge is 2.04. The zero-order valence-electron chi connectivity index (χ0n) is 14.0. The van der Waals surface area contributed by atoms with Gasteiger partial charge in [-0.25, -0.2) is 4.98 Å². The molecule has 0 aliphatic carbocycles. The molecule has 0 unspecified atom stereocenters. The van der Waals surface area contributed by atoms with Gasteiger partial charge in [0, 0.05) is 24.5 Å². The van der Waals surface area contributed by atoms with Gasteiger partial charge >= 0.3 is 0 Å². The third-order valence-electron chi connectivity index (χ3n) is 3.75. The molecule has 3 aromatic rings. The van der Waals surface area contributed by atoms with E-state index in [4.69, 9.17) is 10.00 Å². The van der Waals surface area contributed by atoms with Gasteiger partial charge in [-0.1, -0.05) is 35.6 Å². The Morgan fingerprint density at radius 3 is 2.50 bits per heavy atom. The fraction of sp³-hybridized carbons (Fsp3) is 0.150. The van der Waals surface area contributed by atoms with Crippen LogP contribution >= 0.6 is 11.3 Å². The summed E-state index contributed by atoms with van der Waals surface area (Å²) in [6.07, 6.45) is 2.76. The first-order valence-corrected chi connectivity index (χ1v) is 9.03. The lowest BCUT2D eigenvalue weighted by molar-refractivity contribution is -0.121. The van der Waals surface area contributed by atoms with Crippen LogP contribution in [0.2, 0.25) is 0 Å². The Kier molecular flexibility index (Phi) is 5.96. The molecule has 130 valence electrons. The number of hydrogen-bond donors (Lipinski definition) is 1. The lowest BCUT2D eigenvalue weighted by atomic mass is 10.1. The van der Waals surface area contributed by atoms with E-state index in [0.717, 1.165) is 16.9 Å². The SMILES string of the molecule is N#Cc1ccc(CCC(=O)NCc2ccc(Oc3nccs3)cc2)cc1. The van der Waals surface area contributed by atoms with Gasteiger partial charge in [-0.2, -0.15) is 5.26 Å². The Bertz CT molecular complexity index is 882. The number of carbonyl (C=O) groups excluding carboxylic acids is 1. The number of benzene rings is 2. The maximum absolute atomic E-state index is 12.0. The smallest absolute Gasteiger partial charge is 0.278 e. The first-order valence-electron chi connectivity index (χ1n) is 8.15. The molecule has 3 rings (SSSR count). The second kappa shape index (κ2) is 8.79. The van der Waals surface area contributed by atoms with Gasteiger partial charge in [-0.3, -0.25) is 4.79 Å². The number of amides is 1. The van der Waals surface area contributed by atoms with Crippen LogP contribution in [0.4, 0.5) is 0 Å². The molecule has 0 saturated heterocycles. The maximum atomic E-state index is 12.0. The Hall–Kier alpha value is -3.17. The van der Waals surface area contributed by atoms with Crippen molar-refractivity contribution in [1.82, 2.24) is 10.3 Å². The lowest BCUT2D eigenvalue weighted by Crippen LogP contribution is -2.22. The Morgan fingerprint density at radius 1 is 1.12 bits per heavy atom. The molecule has 26 heavy (non-hydrogen) atoms. The van der Waals surface area contributed by atoms with E-state index in [9.17, 15) is 4.79 Å². The van der Waals surface area contributed by atoms with E-state index in [0.29, 0.717) is 30.1 Å². The predicted octanol–water partition coefficient (Wildman–Crippen LogP) is 4.06. The van der Waals surface area contributed by atoms with Crippen molar-refractivity contribution in [1.29, 1.82) is 5.26 Å². The number of nitriles is 1. The van der Waals surface area contributed by atoms with Crippen molar-refractivity contribution in [3.63, 3.8) is 0 Å². The first kappa shape index (κ1) is 17.6. The van der Waals surface area contributed by atoms with Crippen molar-refractivity contribution in [2.45, 2.75) is 19.4 Å². The van der Waals surface area contributed by atoms with Crippen molar-refractivity contribution in [3.8, 4) is 17.0 Å². The van der Waals surface area contributed by atoms with Gasteiger partial charge in [0.15, 0.2) is 0 Å². The molecule has 0 aliphatic heterocycles. The van der Waals surface area contributed by atoms with Gasteiger partial charge in [0.05, 0.1) is 11.6 Å². The standard InChI is InChI=1S/C20H17N3O2S/c21-13-16-3-1-15(2-4-16)7-10-19(24)23-14-17-5-8-18(9-6-17)25-20-22-11-12-26-20/h1-6,8-9,11-12H,7,10,14H2,(H,23,24). The normalized spacial score (nSPS) is 10.1. The molecule has 0 bridgehead atoms. The zero-order valence-corrected chi connectivity index (χ0v) is 14.8. The van der Waals surface area contributed by atoms with Crippen molar-refractivity contribution in [2.24, 2.45) is 0 Å². The number of nitrogens with one attached hydrogen (secondary N) is 1. The van der Waals surface area contributed by atoms with Crippen molar-refractivity contribution >= 4 is 17.2 Å². The largest absolute Gasteiger partial charge is 0.431 e. The minimum atomic E-state index is -0.00234. The summed E-state index contributed by atoms with van der Waals surface area (Å²) < 4.78 is 5.60. The Balaban J connectivity index is 1.43. The van der Waals surface area contributed by atoms with E-state index in [-0.39, 0.29) is 5.91 Å². The number of aryl methyl sites for hydroxylation is 1. The average Bonchev–Trinajstić information content (AvgIpc) is 3.19. The highest BCUT2D eigenvalue weighted by Crippen LogP contribution is 2.23. The van der Waals surface area contributed by atoms with Crippen molar-refractivity contribution in [3.05, 3.63) is 76.8 Å². The summed E-state index contributed by atoms with van der Waals surface area (Å²) in [7, 11) is 0. The van der Waals surface area contributed by atoms with Gasteiger partial charge in [0.2, 0.25) is 5.91 Å². The molecular weight excluding hydrogens is 346 g/mol. The number of carbonyl (C=O) groups is 1. The van der Waals surface area contributed by atoms with Gasteiger partial charge < -0.3 is 10.1 Å². The molecule has 2 aromatic carbocycles. The highest BCUT2D eigenvalue weighted by molar-refractivity contribution is 7.11. The summed E-state index contributed by atoms with van der Waals surface area (Å²) in [5.41, 5.74) is 2.67. The van der Waals surface area contributed by atoms with Gasteiger partial charge in [0.25, 0.3) is 5.19 Å². The first-order chi connectivity index (χ1) is 12.7. The molecule has 0 atom stereocenters. The summed E-state index contributed by atoms with van der Waals surface area (Å²) >= 11 is 1.44. The number of thiazole rings is 1. The van der Waals surface area contributed by atoms with Crippen LogP contribution in [0.5, 0.6) is 10.9 Å². The minimum Gasteiger partial charge on any atom is -0.431 e. The van der Waals surface area contributed by atoms with Crippen LogP contribution in [0.25, 0.3) is 0 Å². The second-order valence-electron chi connectivity index (χ2n) is 5.63. The summed E-state index contributed by atoms with van der Waals surface area (Å²) in [4.78, 5) is 16.1. The quantitative estimate of drug-likeness (QED) is 0.687. The lowest BCUT2D eigenvalue weighted by Gasteiger charge is -2.07. The molecule has 1 amide bonds. The number of hydrogen-bond acceptors (Lipinski definition) is 5. The van der Waals surface area contributed by atoms with Crippen LogP contribution in [0, 0.1) is 11.3 Å². The van der Waals surface area contributed by atoms with E-state index in [1.807, 2.05) is 41.8 Å². The van der Waals surface area contributed by atoms with Crippen LogP contribution in [0.15, 0.2) is 60.1 Å². The third-order valence-corrected chi connectivity index (χ3v) is 4.40. The molecule has 0 saturated carbocycles. The zero-order chi connectivity index (χ0) is 18.2. The predicted molar refractivity (Wildman–Crippen MR) is 100.0 cm³/mol. The van der Waals surface area contributed by atoms with Crippen molar-refractivity contribution in [2.75, 3.05) is 0 Å². The van der Waals surface area contributed by atoms with Crippen LogP contribution in [0.3, 0.4) is 0 Å². The highest BCUT2D eigenvalue weighted by atomic mass is 32.1. The molecule has 0 fully saturated rings. The summed E-state index contributed by atoms with van der Waals surface area (Å²) in [5, 5.41) is 14.2. The summed E-state index contributed by atoms with van der Waals surface area (Å²) in [6.45, 7) is 0.476. The number of nitrogens with zero attached hydrogens (tertiary/aromatic N) is 2. The second-order valence-corrected chi connectivity index (χ2v) is 6.49. The van der Waals surface area contributed by atoms with Crippen LogP contribution < -0.4 is 10.1 Å². The molecule has 1 aromatic heterocycles. The molecule has 5 nitrogen and oxygen atoms in total. The van der Waals surface area contributed by atoms with E-state index in [2.05, 4.69) is 16.4 Å². The topological polar surface area (TPSA) is 75.0 Å². The van der Waals surface area contributed by atoms with Gasteiger partial charge in [-0.05, 0) is 41.8 Å². The molecule has 0 radical (unpaired) electrons. The minimum absolute atomic E-state index is 0.00234. The maximum Gasteiger partial charge on any atom is 0.278 e. The molecule has 6 heteroatoms. The summed E-state index contributed by atoms with van der Waals surface area (Å²) in [5.74, 6) is 0.716. The Labute approximate surface area is 155 Å². The fourth-order valence-electron chi connectivity index (χ4n) is 2.33. The van der Waals surface area contributed by atoms with Crippen LogP contribution in [0.1, 0.15) is 23.1 Å². The number of rotatable bonds is 7. The molecular formula is C20H17N3O2S.